The Balaban J connectivity index is 1.32. The molecule has 0 spiro atoms. The molecule has 2 amide bonds. The minimum atomic E-state index is -0.736. The Bertz CT molecular complexity index is 2210. The molecule has 62 heavy (non-hydrogen) atoms. The molecule has 0 bridgehead atoms. The minimum absolute atomic E-state index is 0.0917. The number of rotatable bonds is 19. The summed E-state index contributed by atoms with van der Waals surface area (Å²) in [4.78, 5) is 75.4. The highest BCUT2D eigenvalue weighted by Gasteiger charge is 2.32. The van der Waals surface area contributed by atoms with Gasteiger partial charge in [0.15, 0.2) is 0 Å². The highest BCUT2D eigenvalue weighted by Crippen LogP contribution is 2.44. The number of nitro benzene ring substituents is 4. The van der Waals surface area contributed by atoms with Crippen molar-refractivity contribution in [1.82, 2.24) is 0 Å². The molecule has 2 fully saturated rings. The normalized spacial score (nSPS) is 15.9. The predicted molar refractivity (Wildman–Crippen MR) is 249 cm³/mol. The number of amides is 2. The highest BCUT2D eigenvalue weighted by molar-refractivity contribution is 8.77. The van der Waals surface area contributed by atoms with E-state index in [0.29, 0.717) is 57.0 Å². The number of hydrogen-bond acceptors (Lipinski definition) is 14. The first-order chi connectivity index (χ1) is 29.7. The van der Waals surface area contributed by atoms with Gasteiger partial charge >= 0.3 is 0 Å². The van der Waals surface area contributed by atoms with Crippen LogP contribution in [-0.4, -0.2) is 53.5 Å². The van der Waals surface area contributed by atoms with Crippen molar-refractivity contribution in [2.24, 2.45) is 0 Å². The van der Waals surface area contributed by atoms with Crippen molar-refractivity contribution < 1.29 is 29.3 Å². The van der Waals surface area contributed by atoms with E-state index in [1.54, 1.807) is 38.1 Å². The SMILES string of the molecule is Cc1cc(-c2ccc(N(C(=O)CCCCC3CCSS3)c3ccc([N+](=O)[O-])cc3[N+](=O)[O-])c(C)c2)ccc1N(C(=O)CCCCC1CCSS1)c1ccc([N+](=O)[O-])cc1[N+](=O)[O-]. The maximum absolute atomic E-state index is 14.1. The molecule has 326 valence electrons. The maximum atomic E-state index is 14.1. The lowest BCUT2D eigenvalue weighted by Gasteiger charge is -2.26. The zero-order chi connectivity index (χ0) is 44.5. The molecule has 6 rings (SSSR count). The monoisotopic (exact) mass is 920 g/mol. The maximum Gasteiger partial charge on any atom is 0.300 e. The Hall–Kier alpha value is -5.18. The molecule has 4 aromatic carbocycles. The average Bonchev–Trinajstić information content (AvgIpc) is 3.98. The van der Waals surface area contributed by atoms with E-state index < -0.39 is 54.3 Å². The third-order valence-electron chi connectivity index (χ3n) is 10.7. The van der Waals surface area contributed by atoms with Gasteiger partial charge in [-0.3, -0.25) is 59.8 Å². The largest absolute Gasteiger partial charge is 0.300 e. The number of hydrogen-bond donors (Lipinski definition) is 0. The van der Waals surface area contributed by atoms with Crippen LogP contribution in [0.25, 0.3) is 11.1 Å². The van der Waals surface area contributed by atoms with Crippen LogP contribution in [0.4, 0.5) is 45.5 Å². The number of carbonyl (C=O) groups excluding carboxylic acids is 2. The second-order valence-electron chi connectivity index (χ2n) is 15.0. The van der Waals surface area contributed by atoms with E-state index in [-0.39, 0.29) is 24.2 Å². The summed E-state index contributed by atoms with van der Waals surface area (Å²) >= 11 is 0. The van der Waals surface area contributed by atoms with E-state index in [0.717, 1.165) is 74.3 Å². The standard InChI is InChI=1S/C42H44N6O10S4/c1-27-23-29(11-15-35(27)43(41(49)9-5-3-7-33-19-21-59-61-33)37-17-13-31(45(51)52)25-39(37)47(55)56)30-12-16-36(28(2)24-30)44(42(50)10-6-4-8-34-20-22-60-62-34)38-18-14-32(46(53)54)26-40(38)48(57)58/h11-18,23-26,33-34H,3-10,19-22H2,1-2H3. The van der Waals surface area contributed by atoms with Crippen molar-refractivity contribution in [2.75, 3.05) is 21.3 Å². The lowest BCUT2D eigenvalue weighted by molar-refractivity contribution is -0.393. The molecule has 20 heteroatoms. The lowest BCUT2D eigenvalue weighted by Crippen LogP contribution is -2.27. The van der Waals surface area contributed by atoms with Gasteiger partial charge in [0.2, 0.25) is 11.8 Å². The number of unbranched alkanes of at least 4 members (excludes halogenated alkanes) is 2. The van der Waals surface area contributed by atoms with Crippen molar-refractivity contribution in [3.8, 4) is 11.1 Å². The lowest BCUT2D eigenvalue weighted by atomic mass is 9.98. The first-order valence-corrected chi connectivity index (χ1v) is 24.8. The van der Waals surface area contributed by atoms with Gasteiger partial charge in [0.25, 0.3) is 22.7 Å². The van der Waals surface area contributed by atoms with E-state index in [1.165, 1.54) is 21.9 Å². The van der Waals surface area contributed by atoms with Gasteiger partial charge in [0.1, 0.15) is 11.4 Å². The first-order valence-electron chi connectivity index (χ1n) is 20.0. The summed E-state index contributed by atoms with van der Waals surface area (Å²) in [6.07, 6.45) is 7.02. The number of anilines is 4. The number of non-ortho nitro benzene ring substituents is 2. The minimum Gasteiger partial charge on any atom is -0.274 e. The summed E-state index contributed by atoms with van der Waals surface area (Å²) < 4.78 is 0. The summed E-state index contributed by atoms with van der Waals surface area (Å²) in [6.45, 7) is 3.51. The molecule has 2 heterocycles. The van der Waals surface area contributed by atoms with Gasteiger partial charge in [0.05, 0.1) is 43.2 Å². The van der Waals surface area contributed by atoms with Crippen LogP contribution in [0.15, 0.2) is 72.8 Å². The number of benzene rings is 4. The van der Waals surface area contributed by atoms with E-state index in [9.17, 15) is 50.0 Å². The fraction of sp³-hybridized carbons (Fsp3) is 0.381. The van der Waals surface area contributed by atoms with Crippen molar-refractivity contribution in [3.05, 3.63) is 124 Å². The quantitative estimate of drug-likeness (QED) is 0.0370. The smallest absolute Gasteiger partial charge is 0.274 e. The Kier molecular flexibility index (Phi) is 15.9. The molecule has 16 nitrogen and oxygen atoms in total. The third kappa shape index (κ3) is 11.2. The summed E-state index contributed by atoms with van der Waals surface area (Å²) in [5.41, 5.74) is 0.965. The van der Waals surface area contributed by atoms with Crippen LogP contribution in [-0.2, 0) is 9.59 Å². The average molecular weight is 921 g/mol. The first kappa shape index (κ1) is 46.3. The molecule has 2 aliphatic heterocycles. The number of nitrogens with zero attached hydrogens (tertiary/aromatic N) is 6. The van der Waals surface area contributed by atoms with E-state index in [2.05, 4.69) is 0 Å². The molecule has 2 aliphatic rings. The Labute approximate surface area is 373 Å². The van der Waals surface area contributed by atoms with Gasteiger partial charge in [-0.2, -0.15) is 0 Å². The molecular formula is C42H44N6O10S4. The van der Waals surface area contributed by atoms with Crippen LogP contribution in [0.5, 0.6) is 0 Å². The third-order valence-corrected chi connectivity index (χ3v) is 16.7. The fourth-order valence-electron chi connectivity index (χ4n) is 7.54. The second-order valence-corrected chi connectivity index (χ2v) is 20.6. The molecule has 0 aromatic heterocycles. The Morgan fingerprint density at radius 3 is 1.26 bits per heavy atom. The van der Waals surface area contributed by atoms with Crippen LogP contribution in [0.3, 0.4) is 0 Å². The zero-order valence-electron chi connectivity index (χ0n) is 34.0. The Morgan fingerprint density at radius 1 is 0.548 bits per heavy atom. The van der Waals surface area contributed by atoms with Gasteiger partial charge in [0, 0.05) is 47.0 Å². The zero-order valence-corrected chi connectivity index (χ0v) is 37.2. The summed E-state index contributed by atoms with van der Waals surface area (Å²) in [7, 11) is 7.38. The number of aryl methyl sites for hydroxylation is 2. The van der Waals surface area contributed by atoms with E-state index in [4.69, 9.17) is 0 Å². The molecule has 0 saturated carbocycles. The molecule has 2 atom stereocenters. The van der Waals surface area contributed by atoms with Crippen LogP contribution >= 0.6 is 43.2 Å². The van der Waals surface area contributed by atoms with Crippen molar-refractivity contribution >= 4 is 100 Å². The van der Waals surface area contributed by atoms with Crippen LogP contribution in [0.1, 0.15) is 75.3 Å². The predicted octanol–water partition coefficient (Wildman–Crippen LogP) is 12.4. The summed E-state index contributed by atoms with van der Waals surface area (Å²) in [5.74, 6) is 1.39. The summed E-state index contributed by atoms with van der Waals surface area (Å²) in [5, 5.41) is 48.7. The van der Waals surface area contributed by atoms with Crippen molar-refractivity contribution in [1.29, 1.82) is 0 Å². The van der Waals surface area contributed by atoms with Crippen molar-refractivity contribution in [3.63, 3.8) is 0 Å². The highest BCUT2D eigenvalue weighted by atomic mass is 33.1. The van der Waals surface area contributed by atoms with Crippen molar-refractivity contribution in [2.45, 2.75) is 88.6 Å². The van der Waals surface area contributed by atoms with Crippen LogP contribution in [0.2, 0.25) is 0 Å². The molecule has 0 radical (unpaired) electrons. The number of nitro groups is 4. The number of carbonyl (C=O) groups is 2. The van der Waals surface area contributed by atoms with Gasteiger partial charge in [-0.05, 0) is 111 Å². The molecule has 0 N–H and O–H groups in total. The summed E-state index contributed by atoms with van der Waals surface area (Å²) in [6, 6.07) is 16.9. The van der Waals surface area contributed by atoms with E-state index >= 15 is 0 Å². The Morgan fingerprint density at radius 2 is 0.935 bits per heavy atom. The van der Waals surface area contributed by atoms with Gasteiger partial charge in [-0.15, -0.1) is 0 Å². The second kappa shape index (κ2) is 21.3. The van der Waals surface area contributed by atoms with Gasteiger partial charge < -0.3 is 0 Å². The fourth-order valence-corrected chi connectivity index (χ4v) is 13.6. The van der Waals surface area contributed by atoms with Gasteiger partial charge in [-0.25, -0.2) is 0 Å². The molecule has 2 saturated heterocycles. The van der Waals surface area contributed by atoms with Crippen LogP contribution in [0, 0.1) is 54.3 Å². The van der Waals surface area contributed by atoms with E-state index in [1.807, 2.05) is 55.3 Å². The topological polar surface area (TPSA) is 213 Å². The molecule has 4 aromatic rings. The molecule has 0 aliphatic carbocycles. The molecule has 2 unspecified atom stereocenters. The van der Waals surface area contributed by atoms with Gasteiger partial charge in [-0.1, -0.05) is 68.1 Å². The molecular weight excluding hydrogens is 877 g/mol. The van der Waals surface area contributed by atoms with Crippen LogP contribution < -0.4 is 9.80 Å².